The van der Waals surface area contributed by atoms with Gasteiger partial charge in [0.15, 0.2) is 0 Å². The SMILES string of the molecule is c1ccc(-c2cccc(N(c3cccc(-n4c5cccc6c7cccc8c9ccccc9n(c9cccc4c9c65)c78)c3)c3ccc4oc5ccccc5c4c3)c2)cc1. The van der Waals surface area contributed by atoms with E-state index in [0.717, 1.165) is 50.3 Å². The van der Waals surface area contributed by atoms with Gasteiger partial charge in [0, 0.05) is 60.5 Å². The van der Waals surface area contributed by atoms with Crippen LogP contribution in [0.3, 0.4) is 0 Å². The van der Waals surface area contributed by atoms with E-state index >= 15 is 0 Å². The molecule has 0 bridgehead atoms. The van der Waals surface area contributed by atoms with Gasteiger partial charge in [0.1, 0.15) is 11.2 Å². The Kier molecular flexibility index (Phi) is 6.41. The van der Waals surface area contributed by atoms with Crippen LogP contribution in [-0.4, -0.2) is 8.97 Å². The smallest absolute Gasteiger partial charge is 0.135 e. The van der Waals surface area contributed by atoms with Crippen molar-refractivity contribution in [1.29, 1.82) is 0 Å². The van der Waals surface area contributed by atoms with Crippen molar-refractivity contribution in [2.75, 3.05) is 4.90 Å². The molecule has 0 aliphatic heterocycles. The third-order valence-electron chi connectivity index (χ3n) is 12.2. The number of anilines is 3. The minimum Gasteiger partial charge on any atom is -0.456 e. The maximum atomic E-state index is 6.29. The van der Waals surface area contributed by atoms with Crippen LogP contribution < -0.4 is 4.90 Å². The quantitative estimate of drug-likeness (QED) is 0.176. The fraction of sp³-hybridized carbons (Fsp3) is 0. The lowest BCUT2D eigenvalue weighted by molar-refractivity contribution is 0.669. The molecule has 0 N–H and O–H groups in total. The molecular weight excluding hydrogens is 707 g/mol. The van der Waals surface area contributed by atoms with Crippen LogP contribution in [0.2, 0.25) is 0 Å². The molecule has 0 saturated carbocycles. The van der Waals surface area contributed by atoms with Crippen molar-refractivity contribution in [3.8, 4) is 16.8 Å². The highest BCUT2D eigenvalue weighted by molar-refractivity contribution is 6.31. The van der Waals surface area contributed by atoms with Gasteiger partial charge in [-0.05, 0) is 95.4 Å². The summed E-state index contributed by atoms with van der Waals surface area (Å²) in [6, 6.07) is 72.6. The lowest BCUT2D eigenvalue weighted by Crippen LogP contribution is -2.10. The van der Waals surface area contributed by atoms with Crippen LogP contribution in [0.15, 0.2) is 205 Å². The van der Waals surface area contributed by atoms with Gasteiger partial charge in [0.2, 0.25) is 0 Å². The Labute approximate surface area is 333 Å². The van der Waals surface area contributed by atoms with Gasteiger partial charge in [0.25, 0.3) is 0 Å². The number of fused-ring (bicyclic) bond motifs is 8. The molecule has 4 heterocycles. The first-order chi connectivity index (χ1) is 28.8. The summed E-state index contributed by atoms with van der Waals surface area (Å²) in [6.07, 6.45) is 0. The molecular formula is C54H33N3O. The maximum Gasteiger partial charge on any atom is 0.135 e. The predicted octanol–water partition coefficient (Wildman–Crippen LogP) is 15.0. The topological polar surface area (TPSA) is 25.7 Å². The van der Waals surface area contributed by atoms with E-state index in [9.17, 15) is 0 Å². The molecule has 13 rings (SSSR count). The molecule has 0 saturated heterocycles. The number of furan rings is 1. The summed E-state index contributed by atoms with van der Waals surface area (Å²) in [4.78, 5) is 2.38. The lowest BCUT2D eigenvalue weighted by Gasteiger charge is -2.27. The second-order valence-electron chi connectivity index (χ2n) is 15.3. The monoisotopic (exact) mass is 739 g/mol. The van der Waals surface area contributed by atoms with Crippen molar-refractivity contribution >= 4 is 98.9 Å². The van der Waals surface area contributed by atoms with Gasteiger partial charge >= 0.3 is 0 Å². The Hall–Kier alpha value is -7.82. The molecule has 0 fully saturated rings. The summed E-state index contributed by atoms with van der Waals surface area (Å²) in [5.41, 5.74) is 14.5. The molecule has 0 radical (unpaired) electrons. The van der Waals surface area contributed by atoms with E-state index in [1.165, 1.54) is 65.5 Å². The van der Waals surface area contributed by atoms with Crippen molar-refractivity contribution in [2.45, 2.75) is 0 Å². The number of hydrogen-bond acceptors (Lipinski definition) is 2. The van der Waals surface area contributed by atoms with Crippen LogP contribution in [0.5, 0.6) is 0 Å². The zero-order chi connectivity index (χ0) is 37.9. The number of nitrogens with zero attached hydrogens (tertiary/aromatic N) is 3. The normalized spacial score (nSPS) is 12.1. The average molecular weight is 740 g/mol. The van der Waals surface area contributed by atoms with Gasteiger partial charge in [-0.15, -0.1) is 0 Å². The van der Waals surface area contributed by atoms with E-state index in [4.69, 9.17) is 4.42 Å². The Bertz CT molecular complexity index is 3750. The summed E-state index contributed by atoms with van der Waals surface area (Å²) in [5, 5.41) is 9.83. The Balaban J connectivity index is 1.08. The van der Waals surface area contributed by atoms with Gasteiger partial charge in [-0.2, -0.15) is 0 Å². The number of hydrogen-bond donors (Lipinski definition) is 0. The standard InChI is InChI=1S/C54H33N3O/c1-2-13-34(14-3-1)35-15-8-16-36(31-35)55(39-29-30-51-45(33-39)41-20-5-7-28-50(41)58-51)37-17-9-18-38(32-37)56-47-25-11-21-42-44-23-10-22-43-40-19-4-6-24-46(40)57(54(43)44)49-27-12-26-48(56)53(49)52(42)47/h1-33H. The molecule has 0 aliphatic rings. The molecule has 9 aromatic carbocycles. The van der Waals surface area contributed by atoms with Gasteiger partial charge in [0.05, 0.1) is 27.6 Å². The van der Waals surface area contributed by atoms with Gasteiger partial charge in [-0.1, -0.05) is 121 Å². The molecule has 0 aliphatic carbocycles. The second-order valence-corrected chi connectivity index (χ2v) is 15.3. The van der Waals surface area contributed by atoms with Crippen molar-refractivity contribution in [3.63, 3.8) is 0 Å². The first-order valence-electron chi connectivity index (χ1n) is 19.8. The number of aromatic nitrogens is 2. The van der Waals surface area contributed by atoms with Gasteiger partial charge in [-0.3, -0.25) is 0 Å². The first kappa shape index (κ1) is 31.4. The van der Waals surface area contributed by atoms with E-state index in [1.807, 2.05) is 12.1 Å². The van der Waals surface area contributed by atoms with Crippen molar-refractivity contribution < 1.29 is 4.42 Å². The summed E-state index contributed by atoms with van der Waals surface area (Å²) in [5.74, 6) is 0. The molecule has 58 heavy (non-hydrogen) atoms. The highest BCUT2D eigenvalue weighted by atomic mass is 16.3. The third kappa shape index (κ3) is 4.34. The number of para-hydroxylation sites is 3. The number of rotatable bonds is 5. The maximum absolute atomic E-state index is 6.29. The van der Waals surface area contributed by atoms with E-state index in [0.29, 0.717) is 0 Å². The van der Waals surface area contributed by atoms with E-state index in [2.05, 4.69) is 202 Å². The van der Waals surface area contributed by atoms with E-state index in [1.54, 1.807) is 0 Å². The molecule has 0 spiro atoms. The zero-order valence-electron chi connectivity index (χ0n) is 31.3. The summed E-state index contributed by atoms with van der Waals surface area (Å²) in [6.45, 7) is 0. The third-order valence-corrected chi connectivity index (χ3v) is 12.2. The minimum atomic E-state index is 0.879. The molecule has 0 unspecified atom stereocenters. The second kappa shape index (κ2) is 11.8. The Morgan fingerprint density at radius 2 is 0.931 bits per heavy atom. The minimum absolute atomic E-state index is 0.879. The molecule has 270 valence electrons. The average Bonchev–Trinajstić information content (AvgIpc) is 3.92. The van der Waals surface area contributed by atoms with E-state index in [-0.39, 0.29) is 0 Å². The fourth-order valence-corrected chi connectivity index (χ4v) is 9.79. The summed E-state index contributed by atoms with van der Waals surface area (Å²) >= 11 is 0. The number of benzene rings is 9. The largest absolute Gasteiger partial charge is 0.456 e. The van der Waals surface area contributed by atoms with Crippen LogP contribution in [-0.2, 0) is 0 Å². The van der Waals surface area contributed by atoms with Crippen LogP contribution in [0, 0.1) is 0 Å². The van der Waals surface area contributed by atoms with Crippen LogP contribution in [0.25, 0.3) is 98.7 Å². The molecule has 4 heteroatoms. The van der Waals surface area contributed by atoms with Crippen LogP contribution in [0.1, 0.15) is 0 Å². The van der Waals surface area contributed by atoms with Crippen molar-refractivity contribution in [3.05, 3.63) is 200 Å². The predicted molar refractivity (Wildman–Crippen MR) is 243 cm³/mol. The first-order valence-corrected chi connectivity index (χ1v) is 19.8. The molecule has 13 aromatic rings. The molecule has 4 aromatic heterocycles. The Morgan fingerprint density at radius 3 is 1.83 bits per heavy atom. The van der Waals surface area contributed by atoms with E-state index < -0.39 is 0 Å². The van der Waals surface area contributed by atoms with Crippen LogP contribution in [0.4, 0.5) is 17.1 Å². The summed E-state index contributed by atoms with van der Waals surface area (Å²) in [7, 11) is 0. The zero-order valence-corrected chi connectivity index (χ0v) is 31.3. The summed E-state index contributed by atoms with van der Waals surface area (Å²) < 4.78 is 11.3. The highest BCUT2D eigenvalue weighted by Crippen LogP contribution is 2.45. The molecule has 4 nitrogen and oxygen atoms in total. The van der Waals surface area contributed by atoms with Crippen LogP contribution >= 0.6 is 0 Å². The van der Waals surface area contributed by atoms with Crippen molar-refractivity contribution in [2.24, 2.45) is 0 Å². The van der Waals surface area contributed by atoms with Gasteiger partial charge < -0.3 is 18.3 Å². The lowest BCUT2D eigenvalue weighted by atomic mass is 10.0. The fourth-order valence-electron chi connectivity index (χ4n) is 9.79. The van der Waals surface area contributed by atoms with Crippen molar-refractivity contribution in [1.82, 2.24) is 8.97 Å². The molecule has 0 atom stereocenters. The Morgan fingerprint density at radius 1 is 0.345 bits per heavy atom. The highest BCUT2D eigenvalue weighted by Gasteiger charge is 2.23. The molecule has 0 amide bonds. The van der Waals surface area contributed by atoms with Gasteiger partial charge in [-0.25, -0.2) is 0 Å².